The normalized spacial score (nSPS) is 13.9. The number of benzene rings is 15. The summed E-state index contributed by atoms with van der Waals surface area (Å²) in [4.78, 5) is 4.80. The molecular formula is C84H56N2O2. The second-order valence-corrected chi connectivity index (χ2v) is 25.5. The van der Waals surface area contributed by atoms with Gasteiger partial charge in [-0.25, -0.2) is 0 Å². The van der Waals surface area contributed by atoms with Gasteiger partial charge in [0.25, 0.3) is 0 Å². The smallest absolute Gasteiger partial charge is 0.137 e. The molecule has 4 nitrogen and oxygen atoms in total. The fraction of sp³-hybridized carbons (Fsp3) is 0.0714. The van der Waals surface area contributed by atoms with Crippen molar-refractivity contribution in [1.82, 2.24) is 0 Å². The van der Waals surface area contributed by atoms with Gasteiger partial charge >= 0.3 is 0 Å². The molecule has 2 aliphatic carbocycles. The summed E-state index contributed by atoms with van der Waals surface area (Å²) in [5, 5.41) is 19.3. The highest BCUT2D eigenvalue weighted by Gasteiger charge is 2.41. The molecule has 0 saturated heterocycles. The quantitative estimate of drug-likeness (QED) is 0.155. The third-order valence-corrected chi connectivity index (χ3v) is 20.1. The van der Waals surface area contributed by atoms with E-state index in [9.17, 15) is 0 Å². The van der Waals surface area contributed by atoms with Gasteiger partial charge in [0.2, 0.25) is 0 Å². The van der Waals surface area contributed by atoms with E-state index in [1.165, 1.54) is 109 Å². The minimum atomic E-state index is -0.263. The van der Waals surface area contributed by atoms with Crippen molar-refractivity contribution in [1.29, 1.82) is 0 Å². The summed E-state index contributed by atoms with van der Waals surface area (Å²) >= 11 is 0. The summed E-state index contributed by atoms with van der Waals surface area (Å²) in [7, 11) is 0. The predicted molar refractivity (Wildman–Crippen MR) is 371 cm³/mol. The Morgan fingerprint density at radius 2 is 0.545 bits per heavy atom. The topological polar surface area (TPSA) is 32.8 Å². The van der Waals surface area contributed by atoms with E-state index in [1.54, 1.807) is 0 Å². The van der Waals surface area contributed by atoms with E-state index in [2.05, 4.69) is 304 Å². The molecule has 414 valence electrons. The first-order valence-electron chi connectivity index (χ1n) is 30.7. The van der Waals surface area contributed by atoms with Gasteiger partial charge in [-0.1, -0.05) is 198 Å². The van der Waals surface area contributed by atoms with Crippen LogP contribution in [0, 0.1) is 0 Å². The summed E-state index contributed by atoms with van der Waals surface area (Å²) in [6.07, 6.45) is 0. The van der Waals surface area contributed by atoms with Crippen molar-refractivity contribution in [2.24, 2.45) is 0 Å². The van der Waals surface area contributed by atoms with Gasteiger partial charge in [-0.05, 0) is 194 Å². The van der Waals surface area contributed by atoms with Crippen LogP contribution < -0.4 is 9.80 Å². The highest BCUT2D eigenvalue weighted by molar-refractivity contribution is 6.21. The maximum atomic E-state index is 7.00. The highest BCUT2D eigenvalue weighted by atomic mass is 16.3. The molecular weight excluding hydrogens is 1070 g/mol. The van der Waals surface area contributed by atoms with Crippen LogP contribution in [0.4, 0.5) is 34.1 Å². The molecule has 0 amide bonds. The van der Waals surface area contributed by atoms with Crippen molar-refractivity contribution in [3.05, 3.63) is 289 Å². The van der Waals surface area contributed by atoms with Crippen LogP contribution in [0.2, 0.25) is 0 Å². The lowest BCUT2D eigenvalue weighted by molar-refractivity contribution is 0.664. The largest absolute Gasteiger partial charge is 0.456 e. The number of furan rings is 2. The molecule has 0 fully saturated rings. The zero-order valence-electron chi connectivity index (χ0n) is 49.1. The zero-order chi connectivity index (χ0) is 58.3. The number of fused-ring (bicyclic) bond motifs is 24. The Bertz CT molecular complexity index is 5550. The first kappa shape index (κ1) is 49.3. The Kier molecular flexibility index (Phi) is 9.99. The molecule has 0 unspecified atom stereocenters. The minimum Gasteiger partial charge on any atom is -0.456 e. The number of hydrogen-bond donors (Lipinski definition) is 0. The lowest BCUT2D eigenvalue weighted by Gasteiger charge is -2.28. The van der Waals surface area contributed by atoms with E-state index in [4.69, 9.17) is 8.83 Å². The number of hydrogen-bond acceptors (Lipinski definition) is 4. The number of anilines is 6. The van der Waals surface area contributed by atoms with Crippen LogP contribution in [0.15, 0.2) is 276 Å². The molecule has 19 rings (SSSR count). The molecule has 0 bridgehead atoms. The summed E-state index contributed by atoms with van der Waals surface area (Å²) in [6.45, 7) is 9.61. The maximum Gasteiger partial charge on any atom is 0.137 e. The van der Waals surface area contributed by atoms with Crippen LogP contribution in [0.5, 0.6) is 0 Å². The average molecular weight is 1130 g/mol. The molecule has 0 N–H and O–H groups in total. The van der Waals surface area contributed by atoms with Crippen LogP contribution in [0.1, 0.15) is 49.9 Å². The van der Waals surface area contributed by atoms with Crippen LogP contribution in [-0.2, 0) is 10.8 Å². The monoisotopic (exact) mass is 1120 g/mol. The average Bonchev–Trinajstić information content (AvgIpc) is 1.60. The van der Waals surface area contributed by atoms with Crippen LogP contribution >= 0.6 is 0 Å². The summed E-state index contributed by atoms with van der Waals surface area (Å²) < 4.78 is 14.0. The lowest BCUT2D eigenvalue weighted by atomic mass is 9.79. The van der Waals surface area contributed by atoms with Gasteiger partial charge in [-0.3, -0.25) is 0 Å². The molecule has 0 atom stereocenters. The lowest BCUT2D eigenvalue weighted by Crippen LogP contribution is -2.17. The molecule has 88 heavy (non-hydrogen) atoms. The van der Waals surface area contributed by atoms with Crippen molar-refractivity contribution < 1.29 is 8.83 Å². The Morgan fingerprint density at radius 1 is 0.239 bits per heavy atom. The first-order chi connectivity index (χ1) is 43.1. The van der Waals surface area contributed by atoms with Crippen molar-refractivity contribution in [3.63, 3.8) is 0 Å². The van der Waals surface area contributed by atoms with Crippen LogP contribution in [0.25, 0.3) is 131 Å². The van der Waals surface area contributed by atoms with Gasteiger partial charge in [0.05, 0.1) is 0 Å². The molecule has 2 aromatic heterocycles. The Labute approximate surface area is 508 Å². The molecule has 4 heteroatoms. The highest BCUT2D eigenvalue weighted by Crippen LogP contribution is 2.58. The number of nitrogens with zero attached hydrogens (tertiary/aromatic N) is 2. The van der Waals surface area contributed by atoms with Gasteiger partial charge in [0, 0.05) is 78.6 Å². The van der Waals surface area contributed by atoms with Crippen molar-refractivity contribution in [3.8, 4) is 22.3 Å². The molecule has 2 heterocycles. The summed E-state index contributed by atoms with van der Waals surface area (Å²) in [5.74, 6) is 0. The van der Waals surface area contributed by atoms with Gasteiger partial charge < -0.3 is 18.6 Å². The fourth-order valence-corrected chi connectivity index (χ4v) is 16.0. The maximum absolute atomic E-state index is 7.00. The Balaban J connectivity index is 0.731. The third-order valence-electron chi connectivity index (χ3n) is 20.1. The van der Waals surface area contributed by atoms with Crippen molar-refractivity contribution in [2.75, 3.05) is 9.80 Å². The van der Waals surface area contributed by atoms with Gasteiger partial charge in [-0.2, -0.15) is 0 Å². The molecule has 17 aromatic rings. The second-order valence-electron chi connectivity index (χ2n) is 25.5. The SMILES string of the molecule is CC1(C)c2cc(N(c3ccc4ccccc4c3)c3ccc4c(c3)oc3cc5c(cc34)oc3cc(N(c4ccc6c(c4)C(C)(C)c4c-6c6ccccc6c6ccccc46)c4ccc6ccccc6c4)ccc35)ccc2-c2c1c1ccccc1c1ccccc21. The molecule has 2 aliphatic rings. The van der Waals surface area contributed by atoms with E-state index in [0.29, 0.717) is 0 Å². The summed E-state index contributed by atoms with van der Waals surface area (Å²) in [6, 6.07) is 98.6. The molecule has 0 saturated carbocycles. The van der Waals surface area contributed by atoms with E-state index in [-0.39, 0.29) is 10.8 Å². The Morgan fingerprint density at radius 3 is 0.966 bits per heavy atom. The summed E-state index contributed by atoms with van der Waals surface area (Å²) in [5.41, 5.74) is 19.8. The molecule has 0 radical (unpaired) electrons. The van der Waals surface area contributed by atoms with E-state index < -0.39 is 0 Å². The van der Waals surface area contributed by atoms with Crippen LogP contribution in [0.3, 0.4) is 0 Å². The molecule has 0 aliphatic heterocycles. The molecule has 15 aromatic carbocycles. The van der Waals surface area contributed by atoms with E-state index in [0.717, 1.165) is 78.0 Å². The van der Waals surface area contributed by atoms with Crippen molar-refractivity contribution >= 4 is 143 Å². The Hall–Kier alpha value is -10.9. The fourth-order valence-electron chi connectivity index (χ4n) is 16.0. The van der Waals surface area contributed by atoms with E-state index in [1.807, 2.05) is 0 Å². The first-order valence-corrected chi connectivity index (χ1v) is 30.7. The van der Waals surface area contributed by atoms with E-state index >= 15 is 0 Å². The predicted octanol–water partition coefficient (Wildman–Crippen LogP) is 24.0. The van der Waals surface area contributed by atoms with Gasteiger partial charge in [-0.15, -0.1) is 0 Å². The third kappa shape index (κ3) is 6.86. The van der Waals surface area contributed by atoms with Crippen molar-refractivity contribution in [2.45, 2.75) is 38.5 Å². The zero-order valence-corrected chi connectivity index (χ0v) is 49.1. The van der Waals surface area contributed by atoms with Crippen LogP contribution in [-0.4, -0.2) is 0 Å². The van der Waals surface area contributed by atoms with Gasteiger partial charge in [0.1, 0.15) is 22.3 Å². The molecule has 0 spiro atoms. The minimum absolute atomic E-state index is 0.263. The number of rotatable bonds is 6. The second kappa shape index (κ2) is 17.8. The van der Waals surface area contributed by atoms with Gasteiger partial charge in [0.15, 0.2) is 0 Å². The standard InChI is InChI=1S/C84H56N2O2/c1-83(2)73-43-55(35-39-69(73)79-65-25-13-9-21-59(65)61-23-11-15-27-67(61)81(79)83)85(53-31-29-49-17-5-7-19-51(49)41-53)57-33-37-63-71-47-78-72(48-77(71)87-75(63)45-57)64-38-34-58(46-76(64)88-78)86(54-32-30-50-18-6-8-20-52(50)42-54)56-36-40-70-74(44-56)84(3,4)82-68-28-16-12-24-62(68)60-22-10-14-26-66(60)80(70)82/h5-48H,1-4H3.